The fourth-order valence-electron chi connectivity index (χ4n) is 5.65. The van der Waals surface area contributed by atoms with Crippen LogP contribution in [0.15, 0.2) is 23.3 Å². The Morgan fingerprint density at radius 1 is 1.11 bits per heavy atom. The molecule has 0 bridgehead atoms. The molecule has 0 amide bonds. The van der Waals surface area contributed by atoms with Gasteiger partial charge in [0.05, 0.1) is 29.4 Å². The zero-order valence-electron chi connectivity index (χ0n) is 20.0. The summed E-state index contributed by atoms with van der Waals surface area (Å²) in [6.45, 7) is 2.81. The quantitative estimate of drug-likeness (QED) is 0.381. The van der Waals surface area contributed by atoms with Gasteiger partial charge in [-0.2, -0.15) is 0 Å². The summed E-state index contributed by atoms with van der Waals surface area (Å²) in [5, 5.41) is 43.9. The molecule has 0 radical (unpaired) electrons. The average molecular weight is 500 g/mol. The highest BCUT2D eigenvalue weighted by atomic mass is 16.7. The van der Waals surface area contributed by atoms with Gasteiger partial charge in [-0.15, -0.1) is 0 Å². The average Bonchev–Trinajstić information content (AvgIpc) is 2.82. The van der Waals surface area contributed by atoms with Gasteiger partial charge in [0, 0.05) is 47.6 Å². The summed E-state index contributed by atoms with van der Waals surface area (Å²) < 4.78 is 11.8. The van der Waals surface area contributed by atoms with Crippen molar-refractivity contribution in [3.05, 3.63) is 45.6 Å². The smallest absolute Gasteiger partial charge is 0.198 e. The molecule has 3 aliphatic carbocycles. The Labute approximate surface area is 207 Å². The minimum atomic E-state index is -1.96. The molecule has 1 saturated heterocycles. The van der Waals surface area contributed by atoms with Crippen LogP contribution in [0.1, 0.15) is 77.5 Å². The highest BCUT2D eigenvalue weighted by Crippen LogP contribution is 2.52. The number of benzene rings is 1. The normalized spacial score (nSPS) is 33.8. The van der Waals surface area contributed by atoms with Crippen molar-refractivity contribution in [3.63, 3.8) is 0 Å². The molecule has 6 atom stereocenters. The number of aliphatic hydroxyl groups excluding tert-OH is 1. The molecular weight excluding hydrogens is 470 g/mol. The second-order valence-electron chi connectivity index (χ2n) is 10.1. The van der Waals surface area contributed by atoms with Crippen molar-refractivity contribution in [1.82, 2.24) is 0 Å². The van der Waals surface area contributed by atoms with Gasteiger partial charge in [0.2, 0.25) is 0 Å². The lowest BCUT2D eigenvalue weighted by Crippen LogP contribution is -2.52. The second kappa shape index (κ2) is 8.60. The first-order chi connectivity index (χ1) is 16.9. The summed E-state index contributed by atoms with van der Waals surface area (Å²) in [6, 6.07) is -0.665. The lowest BCUT2D eigenvalue weighted by Gasteiger charge is -2.42. The van der Waals surface area contributed by atoms with Crippen molar-refractivity contribution in [3.8, 4) is 11.5 Å². The molecule has 6 N–H and O–H groups in total. The molecule has 192 valence electrons. The van der Waals surface area contributed by atoms with E-state index in [4.69, 9.17) is 15.2 Å². The third-order valence-corrected chi connectivity index (χ3v) is 7.72. The maximum atomic E-state index is 13.4. The van der Waals surface area contributed by atoms with Crippen LogP contribution in [0, 0.1) is 0 Å². The van der Waals surface area contributed by atoms with E-state index in [0.717, 1.165) is 0 Å². The third kappa shape index (κ3) is 3.63. The van der Waals surface area contributed by atoms with Gasteiger partial charge in [-0.1, -0.05) is 12.2 Å². The molecule has 10 heteroatoms. The van der Waals surface area contributed by atoms with Gasteiger partial charge in [0.15, 0.2) is 23.6 Å². The fourth-order valence-corrected chi connectivity index (χ4v) is 5.65. The summed E-state index contributed by atoms with van der Waals surface area (Å²) in [6.07, 6.45) is 0.0791. The summed E-state index contributed by atoms with van der Waals surface area (Å²) in [5.41, 5.74) is 3.67. The number of hydrogen-bond donors (Lipinski definition) is 5. The van der Waals surface area contributed by atoms with Gasteiger partial charge >= 0.3 is 0 Å². The number of fused-ring (bicyclic) bond motifs is 3. The van der Waals surface area contributed by atoms with Gasteiger partial charge < -0.3 is 35.6 Å². The number of aromatic hydroxyl groups is 2. The predicted octanol–water partition coefficient (Wildman–Crippen LogP) is 1.27. The number of phenols is 2. The fraction of sp³-hybridized carbons (Fsp3) is 0.500. The van der Waals surface area contributed by atoms with Crippen LogP contribution in [-0.2, 0) is 20.7 Å². The number of carbonyl (C=O) groups is 3. The van der Waals surface area contributed by atoms with Crippen LogP contribution >= 0.6 is 0 Å². The van der Waals surface area contributed by atoms with E-state index in [9.17, 15) is 34.8 Å². The lowest BCUT2D eigenvalue weighted by molar-refractivity contribution is -0.247. The number of Topliss-reactive ketones (excluding diaryl/α,β-unsaturated/α-hetero) is 3. The van der Waals surface area contributed by atoms with Crippen LogP contribution < -0.4 is 5.73 Å². The van der Waals surface area contributed by atoms with Crippen molar-refractivity contribution in [1.29, 1.82) is 0 Å². The molecule has 0 aromatic heterocycles. The predicted molar refractivity (Wildman–Crippen MR) is 125 cm³/mol. The molecule has 1 aromatic carbocycles. The van der Waals surface area contributed by atoms with E-state index < -0.39 is 65.1 Å². The zero-order valence-corrected chi connectivity index (χ0v) is 20.0. The Bertz CT molecular complexity index is 1240. The Hall–Kier alpha value is -2.89. The van der Waals surface area contributed by atoms with Crippen molar-refractivity contribution in [2.75, 3.05) is 0 Å². The van der Waals surface area contributed by atoms with Gasteiger partial charge in [0.25, 0.3) is 0 Å². The van der Waals surface area contributed by atoms with E-state index in [1.165, 1.54) is 6.92 Å². The molecule has 4 aliphatic rings. The summed E-state index contributed by atoms with van der Waals surface area (Å²) >= 11 is 0. The van der Waals surface area contributed by atoms with Crippen molar-refractivity contribution >= 4 is 17.3 Å². The summed E-state index contributed by atoms with van der Waals surface area (Å²) in [4.78, 5) is 39.1. The van der Waals surface area contributed by atoms with Gasteiger partial charge in [-0.25, -0.2) is 0 Å². The van der Waals surface area contributed by atoms with E-state index in [2.05, 4.69) is 0 Å². The van der Waals surface area contributed by atoms with Crippen LogP contribution in [-0.4, -0.2) is 67.9 Å². The number of allylic oxidation sites excluding steroid dienone is 4. The number of aliphatic hydroxyl groups is 2. The molecule has 1 heterocycles. The topological polar surface area (TPSA) is 177 Å². The van der Waals surface area contributed by atoms with Crippen molar-refractivity contribution in [2.45, 2.75) is 82.2 Å². The molecule has 5 rings (SSSR count). The molecule has 0 unspecified atom stereocenters. The van der Waals surface area contributed by atoms with Crippen LogP contribution in [0.2, 0.25) is 0 Å². The monoisotopic (exact) mass is 499 g/mol. The number of phenolic OH excluding ortho intramolecular Hbond substituents is 2. The van der Waals surface area contributed by atoms with Gasteiger partial charge in [-0.3, -0.25) is 14.4 Å². The van der Waals surface area contributed by atoms with Gasteiger partial charge in [0.1, 0.15) is 17.1 Å². The van der Waals surface area contributed by atoms with E-state index in [1.54, 1.807) is 19.1 Å². The van der Waals surface area contributed by atoms with E-state index in [1.807, 2.05) is 0 Å². The molecular formula is C26H29NO9. The van der Waals surface area contributed by atoms with E-state index in [-0.39, 0.29) is 52.7 Å². The molecule has 1 fully saturated rings. The molecule has 0 spiro atoms. The maximum absolute atomic E-state index is 13.4. The zero-order chi connectivity index (χ0) is 26.1. The Kier molecular flexibility index (Phi) is 5.92. The minimum absolute atomic E-state index is 0.0121. The number of carbonyl (C=O) groups excluding carboxylic acids is 3. The maximum Gasteiger partial charge on any atom is 0.198 e. The Morgan fingerprint density at radius 2 is 1.69 bits per heavy atom. The highest BCUT2D eigenvalue weighted by molar-refractivity contribution is 6.33. The molecule has 0 saturated carbocycles. The van der Waals surface area contributed by atoms with Crippen molar-refractivity contribution in [2.24, 2.45) is 5.73 Å². The SMILES string of the molecule is CC(=O)[C@]1(O)Cc2c(O)c3c(c(O)c2[C@@H](O[C@H]2C[C@H](N)[C@H](O)[C@H](C)O2)C1)C(=O)C1=CCCC=C1C3=O. The largest absolute Gasteiger partial charge is 0.507 e. The molecule has 10 nitrogen and oxygen atoms in total. The van der Waals surface area contributed by atoms with Crippen LogP contribution in [0.25, 0.3) is 0 Å². The number of ether oxygens (including phenoxy) is 2. The minimum Gasteiger partial charge on any atom is -0.507 e. The number of rotatable bonds is 3. The molecule has 1 aromatic rings. The summed E-state index contributed by atoms with van der Waals surface area (Å²) in [5.74, 6) is -2.90. The lowest BCUT2D eigenvalue weighted by atomic mass is 9.71. The molecule has 36 heavy (non-hydrogen) atoms. The summed E-state index contributed by atoms with van der Waals surface area (Å²) in [7, 11) is 0. The Balaban J connectivity index is 1.66. The third-order valence-electron chi connectivity index (χ3n) is 7.72. The van der Waals surface area contributed by atoms with Crippen LogP contribution in [0.3, 0.4) is 0 Å². The van der Waals surface area contributed by atoms with Crippen LogP contribution in [0.4, 0.5) is 0 Å². The second-order valence-corrected chi connectivity index (χ2v) is 10.1. The molecule has 1 aliphatic heterocycles. The number of hydrogen-bond acceptors (Lipinski definition) is 10. The highest BCUT2D eigenvalue weighted by Gasteiger charge is 2.49. The van der Waals surface area contributed by atoms with E-state index in [0.29, 0.717) is 12.8 Å². The number of nitrogens with two attached hydrogens (primary N) is 1. The van der Waals surface area contributed by atoms with Crippen molar-refractivity contribution < 1.29 is 44.3 Å². The van der Waals surface area contributed by atoms with Gasteiger partial charge in [-0.05, 0) is 26.7 Å². The standard InChI is InChI=1S/C26H29NO9/c1-10-21(29)15(27)7-17(35-10)36-16-9-26(34,11(2)28)8-14-18(16)25(33)20-19(24(14)32)22(30)12-5-3-4-6-13(12)23(20)31/h5-6,10,15-17,21,29,32-34H,3-4,7-9,27H2,1-2H3/t10-,15-,16-,17-,21+,26-/m0/s1. The first-order valence-corrected chi connectivity index (χ1v) is 12.0. The van der Waals surface area contributed by atoms with E-state index >= 15 is 0 Å². The first-order valence-electron chi connectivity index (χ1n) is 12.0. The van der Waals surface area contributed by atoms with Crippen LogP contribution in [0.5, 0.6) is 11.5 Å². The number of ketones is 3. The Morgan fingerprint density at radius 3 is 2.25 bits per heavy atom. The first kappa shape index (κ1) is 24.8.